The molecule has 1 unspecified atom stereocenters. The molecule has 0 bridgehead atoms. The highest BCUT2D eigenvalue weighted by molar-refractivity contribution is 7.85. The lowest BCUT2D eigenvalue weighted by Gasteiger charge is -2.08. The fourth-order valence-electron chi connectivity index (χ4n) is 2.24. The van der Waals surface area contributed by atoms with Gasteiger partial charge in [0, 0.05) is 16.5 Å². The Morgan fingerprint density at radius 2 is 1.65 bits per heavy atom. The number of aryl methyl sites for hydroxylation is 2. The van der Waals surface area contributed by atoms with E-state index in [1.165, 1.54) is 5.56 Å². The second-order valence-corrected chi connectivity index (χ2v) is 6.30. The van der Waals surface area contributed by atoms with Crippen LogP contribution in [0.15, 0.2) is 64.5 Å². The first-order valence-corrected chi connectivity index (χ1v) is 7.64. The third-order valence-electron chi connectivity index (χ3n) is 3.43. The van der Waals surface area contributed by atoms with Crippen LogP contribution in [0, 0.1) is 13.8 Å². The molecule has 0 N–H and O–H groups in total. The summed E-state index contributed by atoms with van der Waals surface area (Å²) in [6.07, 6.45) is 1.73. The molecule has 1 aromatic heterocycles. The summed E-state index contributed by atoms with van der Waals surface area (Å²) in [6, 6.07) is 15.7. The first-order valence-electron chi connectivity index (χ1n) is 6.49. The molecule has 3 aromatic rings. The van der Waals surface area contributed by atoms with Crippen molar-refractivity contribution in [1.82, 2.24) is 4.98 Å². The molecule has 0 spiro atoms. The van der Waals surface area contributed by atoms with Gasteiger partial charge in [0.15, 0.2) is 0 Å². The number of hydrogen-bond donors (Lipinski definition) is 0. The Morgan fingerprint density at radius 1 is 0.950 bits per heavy atom. The molecule has 0 saturated carbocycles. The number of fused-ring (bicyclic) bond motifs is 1. The van der Waals surface area contributed by atoms with Gasteiger partial charge in [-0.05, 0) is 37.6 Å². The van der Waals surface area contributed by atoms with Crippen molar-refractivity contribution in [1.29, 1.82) is 0 Å². The van der Waals surface area contributed by atoms with Crippen molar-refractivity contribution in [2.45, 2.75) is 23.6 Å². The summed E-state index contributed by atoms with van der Waals surface area (Å²) in [5.74, 6) is 0. The van der Waals surface area contributed by atoms with Crippen LogP contribution < -0.4 is 0 Å². The molecule has 2 nitrogen and oxygen atoms in total. The van der Waals surface area contributed by atoms with E-state index < -0.39 is 10.8 Å². The highest BCUT2D eigenvalue weighted by atomic mass is 32.2. The van der Waals surface area contributed by atoms with Gasteiger partial charge in [-0.3, -0.25) is 4.98 Å². The van der Waals surface area contributed by atoms with E-state index in [9.17, 15) is 4.21 Å². The van der Waals surface area contributed by atoms with Crippen LogP contribution in [0.2, 0.25) is 0 Å². The smallest absolute Gasteiger partial charge is 0.0868 e. The molecule has 0 aliphatic carbocycles. The van der Waals surface area contributed by atoms with Gasteiger partial charge < -0.3 is 0 Å². The summed E-state index contributed by atoms with van der Waals surface area (Å²) in [7, 11) is -1.19. The van der Waals surface area contributed by atoms with Gasteiger partial charge in [-0.15, -0.1) is 0 Å². The molecule has 0 saturated heterocycles. The lowest BCUT2D eigenvalue weighted by atomic mass is 10.1. The van der Waals surface area contributed by atoms with Crippen LogP contribution in [0.4, 0.5) is 0 Å². The van der Waals surface area contributed by atoms with Crippen molar-refractivity contribution >= 4 is 21.7 Å². The zero-order valence-electron chi connectivity index (χ0n) is 11.5. The van der Waals surface area contributed by atoms with Crippen LogP contribution >= 0.6 is 0 Å². The van der Waals surface area contributed by atoms with E-state index >= 15 is 0 Å². The minimum Gasteiger partial charge on any atom is -0.255 e. The van der Waals surface area contributed by atoms with Crippen molar-refractivity contribution in [2.24, 2.45) is 0 Å². The number of rotatable bonds is 2. The van der Waals surface area contributed by atoms with Crippen molar-refractivity contribution < 1.29 is 4.21 Å². The van der Waals surface area contributed by atoms with E-state index in [1.54, 1.807) is 6.20 Å². The van der Waals surface area contributed by atoms with Crippen molar-refractivity contribution in [3.63, 3.8) is 0 Å². The van der Waals surface area contributed by atoms with E-state index in [4.69, 9.17) is 0 Å². The number of nitrogens with zero attached hydrogens (tertiary/aromatic N) is 1. The largest absolute Gasteiger partial charge is 0.255 e. The fraction of sp³-hybridized carbons (Fsp3) is 0.118. The van der Waals surface area contributed by atoms with Gasteiger partial charge in [0.05, 0.1) is 21.2 Å². The number of pyridine rings is 1. The normalized spacial score (nSPS) is 12.5. The summed E-state index contributed by atoms with van der Waals surface area (Å²) >= 11 is 0. The van der Waals surface area contributed by atoms with Gasteiger partial charge >= 0.3 is 0 Å². The SMILES string of the molecule is Cc1ccc(S(=O)c2cnc3ccccc3c2C)cc1. The van der Waals surface area contributed by atoms with Gasteiger partial charge in [0.1, 0.15) is 0 Å². The predicted molar refractivity (Wildman–Crippen MR) is 82.3 cm³/mol. The average Bonchev–Trinajstić information content (AvgIpc) is 2.48. The Kier molecular flexibility index (Phi) is 3.36. The molecule has 0 fully saturated rings. The van der Waals surface area contributed by atoms with Crippen LogP contribution in [0.1, 0.15) is 11.1 Å². The van der Waals surface area contributed by atoms with E-state index in [1.807, 2.05) is 62.4 Å². The lowest BCUT2D eigenvalue weighted by Crippen LogP contribution is -1.98. The topological polar surface area (TPSA) is 30.0 Å². The highest BCUT2D eigenvalue weighted by Crippen LogP contribution is 2.25. The molecule has 20 heavy (non-hydrogen) atoms. The van der Waals surface area contributed by atoms with Gasteiger partial charge in [0.25, 0.3) is 0 Å². The third kappa shape index (κ3) is 2.25. The zero-order valence-corrected chi connectivity index (χ0v) is 12.3. The molecule has 1 atom stereocenters. The minimum absolute atomic E-state index is 0.785. The predicted octanol–water partition coefficient (Wildman–Crippen LogP) is 4.02. The number of benzene rings is 2. The average molecular weight is 281 g/mol. The summed E-state index contributed by atoms with van der Waals surface area (Å²) < 4.78 is 12.7. The Morgan fingerprint density at radius 3 is 2.40 bits per heavy atom. The molecular formula is C17H15NOS. The van der Waals surface area contributed by atoms with Crippen LogP contribution in [-0.4, -0.2) is 9.19 Å². The second-order valence-electron chi connectivity index (χ2n) is 4.85. The molecule has 3 rings (SSSR count). The zero-order chi connectivity index (χ0) is 14.1. The molecule has 1 heterocycles. The molecule has 3 heteroatoms. The lowest BCUT2D eigenvalue weighted by molar-refractivity contribution is 0.682. The van der Waals surface area contributed by atoms with E-state index in [0.29, 0.717) is 0 Å². The Hall–Kier alpha value is -2.00. The van der Waals surface area contributed by atoms with Crippen LogP contribution in [0.3, 0.4) is 0 Å². The van der Waals surface area contributed by atoms with E-state index in [2.05, 4.69) is 4.98 Å². The van der Waals surface area contributed by atoms with Gasteiger partial charge in [-0.25, -0.2) is 4.21 Å². The maximum atomic E-state index is 12.7. The van der Waals surface area contributed by atoms with Crippen LogP contribution in [0.5, 0.6) is 0 Å². The number of aromatic nitrogens is 1. The molecule has 0 aliphatic rings. The third-order valence-corrected chi connectivity index (χ3v) is 4.94. The Bertz CT molecular complexity index is 794. The second kappa shape index (κ2) is 5.17. The molecule has 100 valence electrons. The van der Waals surface area contributed by atoms with E-state index in [-0.39, 0.29) is 0 Å². The molecule has 0 amide bonds. The van der Waals surface area contributed by atoms with Crippen molar-refractivity contribution in [3.05, 3.63) is 65.9 Å². The summed E-state index contributed by atoms with van der Waals surface area (Å²) in [5.41, 5.74) is 3.14. The van der Waals surface area contributed by atoms with Crippen LogP contribution in [-0.2, 0) is 10.8 Å². The Labute approximate surface area is 120 Å². The van der Waals surface area contributed by atoms with E-state index in [0.717, 1.165) is 26.3 Å². The highest BCUT2D eigenvalue weighted by Gasteiger charge is 2.12. The van der Waals surface area contributed by atoms with Gasteiger partial charge in [0.2, 0.25) is 0 Å². The summed E-state index contributed by atoms with van der Waals surface area (Å²) in [6.45, 7) is 4.03. The summed E-state index contributed by atoms with van der Waals surface area (Å²) in [4.78, 5) is 6.01. The number of para-hydroxylation sites is 1. The maximum absolute atomic E-state index is 12.7. The summed E-state index contributed by atoms with van der Waals surface area (Å²) in [5, 5.41) is 1.06. The molecular weight excluding hydrogens is 266 g/mol. The van der Waals surface area contributed by atoms with Gasteiger partial charge in [-0.2, -0.15) is 0 Å². The van der Waals surface area contributed by atoms with Crippen LogP contribution in [0.25, 0.3) is 10.9 Å². The minimum atomic E-state index is -1.19. The first-order chi connectivity index (χ1) is 9.66. The number of hydrogen-bond acceptors (Lipinski definition) is 2. The molecule has 0 radical (unpaired) electrons. The standard InChI is InChI=1S/C17H15NOS/c1-12-7-9-14(10-8-12)20(19)17-11-18-16-6-4-3-5-15(16)13(17)2/h3-11H,1-2H3. The van der Waals surface area contributed by atoms with Crippen molar-refractivity contribution in [3.8, 4) is 0 Å². The molecule has 2 aromatic carbocycles. The molecule has 0 aliphatic heterocycles. The maximum Gasteiger partial charge on any atom is 0.0868 e. The van der Waals surface area contributed by atoms with Gasteiger partial charge in [-0.1, -0.05) is 35.9 Å². The van der Waals surface area contributed by atoms with Crippen molar-refractivity contribution in [2.75, 3.05) is 0 Å². The first kappa shape index (κ1) is 13.0. The Balaban J connectivity index is 2.12. The quantitative estimate of drug-likeness (QED) is 0.710. The monoisotopic (exact) mass is 281 g/mol. The fourth-order valence-corrected chi connectivity index (χ4v) is 3.41.